The summed E-state index contributed by atoms with van der Waals surface area (Å²) in [5.74, 6) is -0.327. The van der Waals surface area contributed by atoms with E-state index in [1.807, 2.05) is 0 Å². The van der Waals surface area contributed by atoms with Crippen molar-refractivity contribution in [3.63, 3.8) is 0 Å². The van der Waals surface area contributed by atoms with Crippen molar-refractivity contribution in [2.75, 3.05) is 19.7 Å². The number of aliphatic hydroxyl groups is 1. The van der Waals surface area contributed by atoms with Crippen molar-refractivity contribution >= 4 is 23.5 Å². The third-order valence-corrected chi connectivity index (χ3v) is 5.44. The fourth-order valence-electron chi connectivity index (χ4n) is 3.01. The maximum Gasteiger partial charge on any atom is 0.282 e. The molecule has 0 atom stereocenters. The van der Waals surface area contributed by atoms with Crippen LogP contribution in [0, 0.1) is 0 Å². The summed E-state index contributed by atoms with van der Waals surface area (Å²) in [7, 11) is 0. The SMILES string of the molecule is CCO.O=Cc1csc(C2CCN(C(=O)Cn3nc(C(F)F)cc3C(F)F)CC2)n1. The predicted molar refractivity (Wildman–Crippen MR) is 101 cm³/mol. The lowest BCUT2D eigenvalue weighted by molar-refractivity contribution is -0.133. The highest BCUT2D eigenvalue weighted by molar-refractivity contribution is 7.09. The molecule has 0 saturated carbocycles. The normalized spacial score (nSPS) is 14.7. The molecule has 3 rings (SSSR count). The zero-order valence-electron chi connectivity index (χ0n) is 16.2. The van der Waals surface area contributed by atoms with Crippen LogP contribution in [0.3, 0.4) is 0 Å². The second-order valence-corrected chi connectivity index (χ2v) is 7.34. The molecule has 1 saturated heterocycles. The van der Waals surface area contributed by atoms with E-state index in [0.29, 0.717) is 48.7 Å². The van der Waals surface area contributed by atoms with Gasteiger partial charge in [-0.15, -0.1) is 11.3 Å². The van der Waals surface area contributed by atoms with Crippen molar-refractivity contribution in [1.29, 1.82) is 0 Å². The van der Waals surface area contributed by atoms with E-state index in [2.05, 4.69) is 10.1 Å². The number of nitrogens with zero attached hydrogens (tertiary/aromatic N) is 4. The fourth-order valence-corrected chi connectivity index (χ4v) is 3.94. The molecule has 0 aromatic carbocycles. The van der Waals surface area contributed by atoms with E-state index in [9.17, 15) is 27.2 Å². The standard InChI is InChI=1S/C16H16F4N4O2S.C2H6O/c17-14(18)11-5-12(15(19)20)24(22-11)6-13(26)23-3-1-9(2-4-23)16-21-10(7-25)8-27-16;1-2-3/h5,7-9,14-15H,1-4,6H2;3H,2H2,1H3. The number of amides is 1. The lowest BCUT2D eigenvalue weighted by atomic mass is 9.97. The summed E-state index contributed by atoms with van der Waals surface area (Å²) in [6.07, 6.45) is -4.05. The topological polar surface area (TPSA) is 88.3 Å². The summed E-state index contributed by atoms with van der Waals surface area (Å²) in [5, 5.41) is 13.5. The summed E-state index contributed by atoms with van der Waals surface area (Å²) in [6.45, 7) is 2.21. The average Bonchev–Trinajstić information content (AvgIpc) is 3.36. The molecule has 166 valence electrons. The van der Waals surface area contributed by atoms with Gasteiger partial charge in [-0.2, -0.15) is 5.10 Å². The van der Waals surface area contributed by atoms with Gasteiger partial charge in [-0.1, -0.05) is 0 Å². The molecule has 1 fully saturated rings. The molecule has 0 aliphatic carbocycles. The van der Waals surface area contributed by atoms with Gasteiger partial charge >= 0.3 is 0 Å². The van der Waals surface area contributed by atoms with Crippen molar-refractivity contribution in [3.8, 4) is 0 Å². The highest BCUT2D eigenvalue weighted by Crippen LogP contribution is 2.30. The number of hydrogen-bond acceptors (Lipinski definition) is 6. The Hall–Kier alpha value is -2.34. The van der Waals surface area contributed by atoms with Crippen LogP contribution < -0.4 is 0 Å². The first-order chi connectivity index (χ1) is 14.3. The van der Waals surface area contributed by atoms with Crippen LogP contribution in [0.1, 0.15) is 65.4 Å². The number of aldehydes is 1. The molecule has 0 unspecified atom stereocenters. The van der Waals surface area contributed by atoms with Crippen molar-refractivity contribution in [2.24, 2.45) is 0 Å². The lowest BCUT2D eigenvalue weighted by Gasteiger charge is -2.31. The monoisotopic (exact) mass is 450 g/mol. The number of alkyl halides is 4. The van der Waals surface area contributed by atoms with Crippen LogP contribution in [0.4, 0.5) is 17.6 Å². The smallest absolute Gasteiger partial charge is 0.282 e. The van der Waals surface area contributed by atoms with Crippen LogP contribution >= 0.6 is 11.3 Å². The molecule has 1 aliphatic heterocycles. The Morgan fingerprint density at radius 1 is 1.30 bits per heavy atom. The first-order valence-corrected chi connectivity index (χ1v) is 10.1. The van der Waals surface area contributed by atoms with Gasteiger partial charge in [-0.3, -0.25) is 14.3 Å². The van der Waals surface area contributed by atoms with Gasteiger partial charge in [0.2, 0.25) is 5.91 Å². The molecule has 1 amide bonds. The fraction of sp³-hybridized carbons (Fsp3) is 0.556. The minimum absolute atomic E-state index is 0.125. The van der Waals surface area contributed by atoms with Crippen molar-refractivity contribution in [1.82, 2.24) is 19.7 Å². The Balaban J connectivity index is 0.00000101. The number of carbonyl (C=O) groups is 2. The molecule has 3 heterocycles. The Morgan fingerprint density at radius 2 is 1.93 bits per heavy atom. The van der Waals surface area contributed by atoms with Gasteiger partial charge in [0.15, 0.2) is 6.29 Å². The summed E-state index contributed by atoms with van der Waals surface area (Å²) in [6, 6.07) is 0.627. The number of hydrogen-bond donors (Lipinski definition) is 1. The minimum Gasteiger partial charge on any atom is -0.397 e. The molecule has 0 bridgehead atoms. The van der Waals surface area contributed by atoms with Crippen LogP contribution in [-0.4, -0.2) is 56.7 Å². The maximum absolute atomic E-state index is 13.0. The number of piperidine rings is 1. The van der Waals surface area contributed by atoms with E-state index in [1.165, 1.54) is 16.2 Å². The molecule has 2 aromatic heterocycles. The Bertz CT molecular complexity index is 835. The highest BCUT2D eigenvalue weighted by Gasteiger charge is 2.28. The number of aromatic nitrogens is 3. The predicted octanol–water partition coefficient (Wildman–Crippen LogP) is 3.43. The zero-order chi connectivity index (χ0) is 22.3. The minimum atomic E-state index is -3.00. The number of aliphatic hydroxyl groups excluding tert-OH is 1. The average molecular weight is 450 g/mol. The van der Waals surface area contributed by atoms with Crippen molar-refractivity contribution in [2.45, 2.75) is 45.1 Å². The number of carbonyl (C=O) groups excluding carboxylic acids is 2. The van der Waals surface area contributed by atoms with E-state index >= 15 is 0 Å². The van der Waals surface area contributed by atoms with Gasteiger partial charge in [0.25, 0.3) is 12.9 Å². The Labute approximate surface area is 174 Å². The first-order valence-electron chi connectivity index (χ1n) is 9.23. The van der Waals surface area contributed by atoms with Gasteiger partial charge in [0, 0.05) is 31.0 Å². The van der Waals surface area contributed by atoms with Crippen LogP contribution in [0.15, 0.2) is 11.4 Å². The molecular formula is C18H22F4N4O3S. The molecule has 30 heavy (non-hydrogen) atoms. The second kappa shape index (κ2) is 11.2. The third-order valence-electron chi connectivity index (χ3n) is 4.42. The molecule has 12 heteroatoms. The second-order valence-electron chi connectivity index (χ2n) is 6.45. The molecular weight excluding hydrogens is 428 g/mol. The van der Waals surface area contributed by atoms with Crippen molar-refractivity contribution < 1.29 is 32.3 Å². The van der Waals surface area contributed by atoms with Crippen LogP contribution in [0.5, 0.6) is 0 Å². The quantitative estimate of drug-likeness (QED) is 0.538. The number of halogens is 4. The molecule has 0 radical (unpaired) electrons. The van der Waals surface area contributed by atoms with Crippen LogP contribution in [-0.2, 0) is 11.3 Å². The molecule has 0 spiro atoms. The van der Waals surface area contributed by atoms with E-state index in [1.54, 1.807) is 12.3 Å². The van der Waals surface area contributed by atoms with Crippen molar-refractivity contribution in [3.05, 3.63) is 33.5 Å². The van der Waals surface area contributed by atoms with Crippen LogP contribution in [0.25, 0.3) is 0 Å². The molecule has 1 aliphatic rings. The lowest BCUT2D eigenvalue weighted by Crippen LogP contribution is -2.40. The number of likely N-dealkylation sites (tertiary alicyclic amines) is 1. The van der Waals surface area contributed by atoms with Gasteiger partial charge in [-0.25, -0.2) is 22.5 Å². The Morgan fingerprint density at radius 3 is 2.43 bits per heavy atom. The maximum atomic E-state index is 13.0. The summed E-state index contributed by atoms with van der Waals surface area (Å²) in [5.41, 5.74) is -1.09. The van der Waals surface area contributed by atoms with E-state index in [-0.39, 0.29) is 12.5 Å². The van der Waals surface area contributed by atoms with Gasteiger partial charge in [0.1, 0.15) is 23.6 Å². The Kier molecular flexibility index (Phi) is 8.90. The summed E-state index contributed by atoms with van der Waals surface area (Å²) >= 11 is 1.39. The highest BCUT2D eigenvalue weighted by atomic mass is 32.1. The van der Waals surface area contributed by atoms with Gasteiger partial charge in [0.05, 0.1) is 5.01 Å². The molecule has 1 N–H and O–H groups in total. The molecule has 2 aromatic rings. The number of rotatable bonds is 6. The van der Waals surface area contributed by atoms with E-state index in [4.69, 9.17) is 5.11 Å². The molecule has 7 nitrogen and oxygen atoms in total. The van der Waals surface area contributed by atoms with E-state index < -0.39 is 36.7 Å². The van der Waals surface area contributed by atoms with E-state index in [0.717, 1.165) is 5.01 Å². The first kappa shape index (κ1) is 23.9. The number of thiazole rings is 1. The zero-order valence-corrected chi connectivity index (χ0v) is 17.0. The van der Waals surface area contributed by atoms with Crippen LogP contribution in [0.2, 0.25) is 0 Å². The van der Waals surface area contributed by atoms with Gasteiger partial charge in [-0.05, 0) is 25.8 Å². The summed E-state index contributed by atoms with van der Waals surface area (Å²) in [4.78, 5) is 28.8. The van der Waals surface area contributed by atoms with Gasteiger partial charge < -0.3 is 10.0 Å². The summed E-state index contributed by atoms with van der Waals surface area (Å²) < 4.78 is 52.1. The third kappa shape index (κ3) is 6.08. The largest absolute Gasteiger partial charge is 0.397 e.